The van der Waals surface area contributed by atoms with Gasteiger partial charge in [-0.15, -0.1) is 5.10 Å². The van der Waals surface area contributed by atoms with Crippen LogP contribution in [0.5, 0.6) is 0 Å². The molecule has 0 saturated carbocycles. The number of nitrogens with one attached hydrogen (secondary N) is 1. The third-order valence-corrected chi connectivity index (χ3v) is 0.507. The molecule has 0 bridgehead atoms. The van der Waals surface area contributed by atoms with E-state index in [4.69, 9.17) is 0 Å². The van der Waals surface area contributed by atoms with Gasteiger partial charge < -0.3 is 10.1 Å². The fourth-order valence-electron chi connectivity index (χ4n) is 0.232. The molecule has 9 heavy (non-hydrogen) atoms. The zero-order valence-electron chi connectivity index (χ0n) is 3.91. The number of hydrogen-bond acceptors (Lipinski definition) is 5. The van der Waals surface area contributed by atoms with Gasteiger partial charge in [-0.3, -0.25) is 0 Å². The van der Waals surface area contributed by atoms with Crippen LogP contribution in [0.1, 0.15) is 0 Å². The van der Waals surface area contributed by atoms with Gasteiger partial charge in [0.15, 0.2) is 0 Å². The average Bonchev–Trinajstić information content (AvgIpc) is 2.12. The van der Waals surface area contributed by atoms with Gasteiger partial charge in [-0.25, -0.2) is 0 Å². The van der Waals surface area contributed by atoms with Crippen LogP contribution in [0.15, 0.2) is 0 Å². The number of aromatic nitrogens is 4. The van der Waals surface area contributed by atoms with Crippen molar-refractivity contribution in [1.82, 2.24) is 20.6 Å². The van der Waals surface area contributed by atoms with Crippen molar-refractivity contribution in [2.75, 3.05) is 0 Å². The van der Waals surface area contributed by atoms with Gasteiger partial charge in [0.1, 0.15) is 0 Å². The molecule has 0 aromatic carbocycles. The van der Waals surface area contributed by atoms with Crippen LogP contribution < -0.4 is 0 Å². The van der Waals surface area contributed by atoms with Crippen molar-refractivity contribution >= 4 is 5.95 Å². The van der Waals surface area contributed by atoms with E-state index in [2.05, 4.69) is 15.5 Å². The molecule has 0 aliphatic carbocycles. The fourth-order valence-corrected chi connectivity index (χ4v) is 0.232. The Morgan fingerprint density at radius 3 is 2.56 bits per heavy atom. The molecule has 7 nitrogen and oxygen atoms in total. The molecule has 0 amide bonds. The van der Waals surface area contributed by atoms with Crippen LogP contribution in [0.25, 0.3) is 0 Å². The topological polar surface area (TPSA) is 97.6 Å². The molecule has 1 heterocycles. The minimum atomic E-state index is -0.708. The molecule has 8 heteroatoms. The molecule has 51 valence electrons. The third kappa shape index (κ3) is 1.74. The van der Waals surface area contributed by atoms with Crippen molar-refractivity contribution in [1.29, 1.82) is 0 Å². The fraction of sp³-hybridized carbons (Fsp3) is 0. The second-order valence-corrected chi connectivity index (χ2v) is 0.982. The Morgan fingerprint density at radius 1 is 1.67 bits per heavy atom. The van der Waals surface area contributed by atoms with Crippen LogP contribution in [0.4, 0.5) is 5.95 Å². The summed E-state index contributed by atoms with van der Waals surface area (Å²) >= 11 is 0. The van der Waals surface area contributed by atoms with Gasteiger partial charge in [0.05, 0.1) is 10.3 Å². The van der Waals surface area contributed by atoms with E-state index in [1.54, 1.807) is 0 Å². The van der Waals surface area contributed by atoms with E-state index in [-0.39, 0.29) is 17.1 Å². The average molecular weight is 179 g/mol. The summed E-state index contributed by atoms with van der Waals surface area (Å²) < 4.78 is 0. The van der Waals surface area contributed by atoms with Gasteiger partial charge in [0, 0.05) is 5.21 Å². The van der Waals surface area contributed by atoms with E-state index in [0.717, 1.165) is 0 Å². The van der Waals surface area contributed by atoms with Gasteiger partial charge in [0.25, 0.3) is 0 Å². The smallest absolute Gasteiger partial charge is 0.390 e. The van der Waals surface area contributed by atoms with Crippen LogP contribution in [-0.4, -0.2) is 25.5 Å². The van der Waals surface area contributed by atoms with Crippen LogP contribution in [0.2, 0.25) is 0 Å². The largest absolute Gasteiger partial charge is 2.00 e. The van der Waals surface area contributed by atoms with E-state index in [0.29, 0.717) is 0 Å². The van der Waals surface area contributed by atoms with Crippen LogP contribution >= 0.6 is 0 Å². The molecule has 1 N–H and O–H groups in total. The molecule has 0 saturated heterocycles. The van der Waals surface area contributed by atoms with Gasteiger partial charge in [0.2, 0.25) is 0 Å². The molecule has 1 rings (SSSR count). The Hall–Kier alpha value is -1.01. The first-order valence-corrected chi connectivity index (χ1v) is 1.69. The van der Waals surface area contributed by atoms with E-state index in [9.17, 15) is 10.1 Å². The van der Waals surface area contributed by atoms with Gasteiger partial charge in [-0.05, 0) is 4.92 Å². The monoisotopic (exact) mass is 178 g/mol. The molecule has 1 radical (unpaired) electrons. The Labute approximate surface area is 59.5 Å². The molecular formula is CHCuN5O2+2. The number of nitro groups is 1. The summed E-state index contributed by atoms with van der Waals surface area (Å²) in [5.74, 6) is -0.440. The Kier molecular flexibility index (Phi) is 2.75. The predicted octanol–water partition coefficient (Wildman–Crippen LogP) is -0.895. The second kappa shape index (κ2) is 3.10. The number of hydrogen-bond donors (Lipinski definition) is 1. The maximum Gasteiger partial charge on any atom is 2.00 e. The summed E-state index contributed by atoms with van der Waals surface area (Å²) in [6, 6.07) is 0. The number of tetrazole rings is 1. The number of nitrogens with zero attached hydrogens (tertiary/aromatic N) is 4. The normalized spacial score (nSPS) is 8.00. The number of rotatable bonds is 1. The van der Waals surface area contributed by atoms with E-state index in [1.165, 1.54) is 0 Å². The molecule has 1 aromatic heterocycles. The molecule has 0 fully saturated rings. The summed E-state index contributed by atoms with van der Waals surface area (Å²) in [5.41, 5.74) is 0. The SMILES string of the molecule is O=[N+]([O-])c1nnn[nH]1.[Cu+2]. The Morgan fingerprint density at radius 2 is 2.33 bits per heavy atom. The summed E-state index contributed by atoms with van der Waals surface area (Å²) in [7, 11) is 0. The molecule has 0 unspecified atom stereocenters. The van der Waals surface area contributed by atoms with Gasteiger partial charge in [-0.2, -0.15) is 0 Å². The van der Waals surface area contributed by atoms with Crippen molar-refractivity contribution in [3.63, 3.8) is 0 Å². The first kappa shape index (κ1) is 7.99. The minimum absolute atomic E-state index is 0. The van der Waals surface area contributed by atoms with E-state index < -0.39 is 10.9 Å². The van der Waals surface area contributed by atoms with E-state index in [1.807, 2.05) is 5.10 Å². The second-order valence-electron chi connectivity index (χ2n) is 0.982. The standard InChI is InChI=1S/CHN5O2.Cu/c7-6(8)1-2-4-5-3-1;/h(H,2,3,4,5);/q;+2. The van der Waals surface area contributed by atoms with Gasteiger partial charge in [-0.1, -0.05) is 0 Å². The number of H-pyrrole nitrogens is 1. The maximum atomic E-state index is 9.69. The van der Waals surface area contributed by atoms with Crippen molar-refractivity contribution < 1.29 is 22.0 Å². The molecule has 0 aliphatic heterocycles. The van der Waals surface area contributed by atoms with Crippen LogP contribution in [0.3, 0.4) is 0 Å². The molecule has 1 aromatic rings. The summed E-state index contributed by atoms with van der Waals surface area (Å²) in [6.45, 7) is 0. The van der Waals surface area contributed by atoms with Gasteiger partial charge >= 0.3 is 23.0 Å². The molecular weight excluding hydrogens is 178 g/mol. The molecule has 0 atom stereocenters. The maximum absolute atomic E-state index is 9.69. The summed E-state index contributed by atoms with van der Waals surface area (Å²) in [5, 5.41) is 20.6. The predicted molar refractivity (Wildman–Crippen MR) is 20.8 cm³/mol. The molecule has 0 spiro atoms. The van der Waals surface area contributed by atoms with Crippen molar-refractivity contribution in [2.45, 2.75) is 0 Å². The Balaban J connectivity index is 0.000000640. The minimum Gasteiger partial charge on any atom is -0.390 e. The van der Waals surface area contributed by atoms with Crippen LogP contribution in [-0.2, 0) is 17.1 Å². The zero-order chi connectivity index (χ0) is 5.98. The quantitative estimate of drug-likeness (QED) is 0.342. The van der Waals surface area contributed by atoms with Crippen molar-refractivity contribution in [3.8, 4) is 0 Å². The molecule has 0 aliphatic rings. The first-order chi connectivity index (χ1) is 3.80. The first-order valence-electron chi connectivity index (χ1n) is 1.69. The van der Waals surface area contributed by atoms with Crippen molar-refractivity contribution in [2.24, 2.45) is 0 Å². The summed E-state index contributed by atoms with van der Waals surface area (Å²) in [4.78, 5) is 8.99. The number of aromatic amines is 1. The Bertz CT molecular complexity index is 183. The third-order valence-electron chi connectivity index (χ3n) is 0.507. The van der Waals surface area contributed by atoms with Crippen LogP contribution in [0, 0.1) is 10.1 Å². The summed E-state index contributed by atoms with van der Waals surface area (Å²) in [6.07, 6.45) is 0. The van der Waals surface area contributed by atoms with Crippen molar-refractivity contribution in [3.05, 3.63) is 10.1 Å². The zero-order valence-corrected chi connectivity index (χ0v) is 4.85. The van der Waals surface area contributed by atoms with E-state index >= 15 is 0 Å².